The molecule has 4 nitrogen and oxygen atoms in total. The van der Waals surface area contributed by atoms with E-state index in [2.05, 4.69) is 34.0 Å². The van der Waals surface area contributed by atoms with Crippen molar-refractivity contribution in [2.24, 2.45) is 5.16 Å². The summed E-state index contributed by atoms with van der Waals surface area (Å²) in [5, 5.41) is 13.7. The van der Waals surface area contributed by atoms with Crippen molar-refractivity contribution in [3.63, 3.8) is 0 Å². The van der Waals surface area contributed by atoms with Gasteiger partial charge in [0.15, 0.2) is 11.6 Å². The minimum atomic E-state index is -0.723. The number of aromatic hydroxyl groups is 1. The molecule has 2 aromatic carbocycles. The predicted molar refractivity (Wildman–Crippen MR) is 104 cm³/mol. The number of hydrogen-bond donors (Lipinski definition) is 1. The second-order valence-corrected chi connectivity index (χ2v) is 6.93. The van der Waals surface area contributed by atoms with Crippen LogP contribution >= 0.6 is 0 Å². The van der Waals surface area contributed by atoms with Crippen LogP contribution in [0.25, 0.3) is 0 Å². The Morgan fingerprint density at radius 2 is 1.78 bits per heavy atom. The number of oxime groups is 1. The Kier molecular flexibility index (Phi) is 4.97. The topological polar surface area (TPSA) is 45.1 Å². The van der Waals surface area contributed by atoms with Gasteiger partial charge in [0.05, 0.1) is 6.21 Å². The zero-order valence-electron chi connectivity index (χ0n) is 15.0. The third kappa shape index (κ3) is 4.40. The van der Waals surface area contributed by atoms with E-state index < -0.39 is 11.6 Å². The molecule has 0 bridgehead atoms. The van der Waals surface area contributed by atoms with Gasteiger partial charge in [-0.3, -0.25) is 0 Å². The average molecular weight is 364 g/mol. The average Bonchev–Trinajstić information content (AvgIpc) is 3.34. The molecule has 0 aromatic heterocycles. The summed E-state index contributed by atoms with van der Waals surface area (Å²) in [4.78, 5) is 7.53. The van der Waals surface area contributed by atoms with Crippen molar-refractivity contribution in [3.05, 3.63) is 58.9 Å². The maximum absolute atomic E-state index is 14.0. The van der Waals surface area contributed by atoms with Crippen LogP contribution < -0.4 is 4.90 Å². The van der Waals surface area contributed by atoms with Gasteiger partial charge in [0, 0.05) is 35.5 Å². The summed E-state index contributed by atoms with van der Waals surface area (Å²) >= 11 is 0. The molecule has 138 valence electrons. The highest BCUT2D eigenvalue weighted by atomic mass is 19.1. The monoisotopic (exact) mass is 364 g/mol. The normalized spacial score (nSPS) is 16.4. The standard InChI is InChI=1S/C22H21FN2O2/c23-21-14-17(13-18(22(21)26)15-24-27-20-9-10-20)4-3-16-5-7-19(8-6-16)25-11-1-2-12-25/h5-8,13-15,20,26H,1-2,9-12H2. The number of nitrogens with zero attached hydrogens (tertiary/aromatic N) is 2. The largest absolute Gasteiger partial charge is 0.504 e. The van der Waals surface area contributed by atoms with E-state index in [9.17, 15) is 9.50 Å². The molecular weight excluding hydrogens is 343 g/mol. The van der Waals surface area contributed by atoms with Crippen LogP contribution in [0.3, 0.4) is 0 Å². The molecule has 2 aromatic rings. The molecule has 1 aliphatic heterocycles. The van der Waals surface area contributed by atoms with E-state index in [1.54, 1.807) is 6.07 Å². The lowest BCUT2D eigenvalue weighted by Gasteiger charge is -2.17. The number of benzene rings is 2. The second kappa shape index (κ2) is 7.71. The van der Waals surface area contributed by atoms with Gasteiger partial charge in [0.1, 0.15) is 6.10 Å². The smallest absolute Gasteiger partial charge is 0.166 e. The number of phenols is 1. The van der Waals surface area contributed by atoms with Gasteiger partial charge in [-0.25, -0.2) is 4.39 Å². The van der Waals surface area contributed by atoms with Crippen LogP contribution in [0.15, 0.2) is 41.6 Å². The first-order chi connectivity index (χ1) is 13.2. The van der Waals surface area contributed by atoms with Gasteiger partial charge >= 0.3 is 0 Å². The molecule has 0 amide bonds. The van der Waals surface area contributed by atoms with Gasteiger partial charge in [-0.2, -0.15) is 0 Å². The van der Waals surface area contributed by atoms with Crippen LogP contribution in [0, 0.1) is 17.7 Å². The molecule has 1 heterocycles. The van der Waals surface area contributed by atoms with Crippen LogP contribution in [0.5, 0.6) is 5.75 Å². The molecule has 0 unspecified atom stereocenters. The van der Waals surface area contributed by atoms with Crippen molar-refractivity contribution in [2.75, 3.05) is 18.0 Å². The molecule has 1 N–H and O–H groups in total. The lowest BCUT2D eigenvalue weighted by atomic mass is 10.1. The molecule has 0 radical (unpaired) electrons. The van der Waals surface area contributed by atoms with Gasteiger partial charge < -0.3 is 14.8 Å². The van der Waals surface area contributed by atoms with Crippen molar-refractivity contribution >= 4 is 11.9 Å². The Bertz CT molecular complexity index is 902. The molecule has 27 heavy (non-hydrogen) atoms. The third-order valence-electron chi connectivity index (χ3n) is 4.71. The zero-order valence-corrected chi connectivity index (χ0v) is 15.0. The fourth-order valence-electron chi connectivity index (χ4n) is 3.01. The maximum atomic E-state index is 14.0. The summed E-state index contributed by atoms with van der Waals surface area (Å²) < 4.78 is 14.0. The third-order valence-corrected chi connectivity index (χ3v) is 4.71. The highest BCUT2D eigenvalue weighted by Crippen LogP contribution is 2.25. The summed E-state index contributed by atoms with van der Waals surface area (Å²) in [7, 11) is 0. The van der Waals surface area contributed by atoms with E-state index >= 15 is 0 Å². The van der Waals surface area contributed by atoms with E-state index in [4.69, 9.17) is 4.84 Å². The van der Waals surface area contributed by atoms with Crippen LogP contribution in [0.2, 0.25) is 0 Å². The first-order valence-corrected chi connectivity index (χ1v) is 9.28. The Morgan fingerprint density at radius 3 is 2.48 bits per heavy atom. The van der Waals surface area contributed by atoms with Crippen molar-refractivity contribution in [1.29, 1.82) is 0 Å². The van der Waals surface area contributed by atoms with Crippen molar-refractivity contribution in [2.45, 2.75) is 31.8 Å². The van der Waals surface area contributed by atoms with E-state index in [0.717, 1.165) is 31.5 Å². The quantitative estimate of drug-likeness (QED) is 0.506. The lowest BCUT2D eigenvalue weighted by Crippen LogP contribution is -2.17. The number of hydrogen-bond acceptors (Lipinski definition) is 4. The minimum Gasteiger partial charge on any atom is -0.504 e. The molecule has 1 saturated carbocycles. The summed E-state index contributed by atoms with van der Waals surface area (Å²) in [5.41, 5.74) is 2.80. The number of anilines is 1. The van der Waals surface area contributed by atoms with E-state index in [-0.39, 0.29) is 11.7 Å². The molecule has 1 aliphatic carbocycles. The Balaban J connectivity index is 1.50. The van der Waals surface area contributed by atoms with E-state index in [1.807, 2.05) is 12.1 Å². The zero-order chi connectivity index (χ0) is 18.6. The van der Waals surface area contributed by atoms with Crippen molar-refractivity contribution in [1.82, 2.24) is 0 Å². The fourth-order valence-corrected chi connectivity index (χ4v) is 3.01. The molecule has 0 spiro atoms. The van der Waals surface area contributed by atoms with Crippen LogP contribution in [0.1, 0.15) is 42.4 Å². The summed E-state index contributed by atoms with van der Waals surface area (Å²) in [5.74, 6) is 4.83. The molecule has 2 fully saturated rings. The number of rotatable bonds is 4. The van der Waals surface area contributed by atoms with Gasteiger partial charge in [0.25, 0.3) is 0 Å². The highest BCUT2D eigenvalue weighted by molar-refractivity contribution is 5.83. The minimum absolute atomic E-state index is 0.153. The molecule has 4 rings (SSSR count). The number of halogens is 1. The summed E-state index contributed by atoms with van der Waals surface area (Å²) in [6.45, 7) is 2.21. The second-order valence-electron chi connectivity index (χ2n) is 6.93. The maximum Gasteiger partial charge on any atom is 0.166 e. The number of phenolic OH excluding ortho intramolecular Hbond substituents is 1. The molecule has 0 atom stereocenters. The van der Waals surface area contributed by atoms with Gasteiger partial charge in [0.2, 0.25) is 0 Å². The van der Waals surface area contributed by atoms with E-state index in [1.165, 1.54) is 30.8 Å². The SMILES string of the molecule is Oc1c(F)cc(C#Cc2ccc(N3CCCC3)cc2)cc1C=NOC1CC1. The van der Waals surface area contributed by atoms with Gasteiger partial charge in [-0.05, 0) is 62.1 Å². The van der Waals surface area contributed by atoms with Crippen LogP contribution in [-0.2, 0) is 4.84 Å². The Labute approximate surface area is 158 Å². The first kappa shape index (κ1) is 17.4. The summed E-state index contributed by atoms with van der Waals surface area (Å²) in [6, 6.07) is 10.9. The molecule has 5 heteroatoms. The lowest BCUT2D eigenvalue weighted by molar-refractivity contribution is 0.130. The van der Waals surface area contributed by atoms with E-state index in [0.29, 0.717) is 5.56 Å². The van der Waals surface area contributed by atoms with Gasteiger partial charge in [-0.15, -0.1) is 0 Å². The van der Waals surface area contributed by atoms with Crippen LogP contribution in [0.4, 0.5) is 10.1 Å². The van der Waals surface area contributed by atoms with Crippen molar-refractivity contribution < 1.29 is 14.3 Å². The highest BCUT2D eigenvalue weighted by Gasteiger charge is 2.23. The summed E-state index contributed by atoms with van der Waals surface area (Å²) in [6.07, 6.45) is 5.93. The Hall–Kier alpha value is -3.00. The molecule has 2 aliphatic rings. The Morgan fingerprint density at radius 1 is 1.07 bits per heavy atom. The van der Waals surface area contributed by atoms with Gasteiger partial charge in [-0.1, -0.05) is 17.0 Å². The molecule has 1 saturated heterocycles. The van der Waals surface area contributed by atoms with Crippen LogP contribution in [-0.4, -0.2) is 30.5 Å². The first-order valence-electron chi connectivity index (χ1n) is 9.28. The fraction of sp³-hybridized carbons (Fsp3) is 0.318. The predicted octanol–water partition coefficient (Wildman–Crippen LogP) is 4.04. The van der Waals surface area contributed by atoms with Crippen molar-refractivity contribution in [3.8, 4) is 17.6 Å². The molecular formula is C22H21FN2O2.